The molecule has 20 heavy (non-hydrogen) atoms. The van der Waals surface area contributed by atoms with Crippen molar-refractivity contribution in [2.45, 2.75) is 6.54 Å². The third-order valence-corrected chi connectivity index (χ3v) is 3.37. The van der Waals surface area contributed by atoms with Crippen LogP contribution in [0.3, 0.4) is 0 Å². The number of rotatable bonds is 3. The van der Waals surface area contributed by atoms with Crippen LogP contribution < -0.4 is 5.73 Å². The molecule has 0 saturated heterocycles. The molecule has 0 aliphatic rings. The van der Waals surface area contributed by atoms with Gasteiger partial charge in [0.05, 0.1) is 5.56 Å². The summed E-state index contributed by atoms with van der Waals surface area (Å²) in [6.45, 7) is 0.450. The molecule has 0 atom stereocenters. The van der Waals surface area contributed by atoms with E-state index in [0.717, 1.165) is 5.56 Å². The Morgan fingerprint density at radius 3 is 2.55 bits per heavy atom. The predicted molar refractivity (Wildman–Crippen MR) is 83.1 cm³/mol. The fourth-order valence-corrected chi connectivity index (χ4v) is 2.29. The number of anilines is 1. The van der Waals surface area contributed by atoms with Crippen LogP contribution in [0.1, 0.15) is 15.9 Å². The molecule has 2 rings (SSSR count). The molecule has 104 valence electrons. The van der Waals surface area contributed by atoms with Crippen LogP contribution in [-0.4, -0.2) is 17.9 Å². The first-order chi connectivity index (χ1) is 9.47. The van der Waals surface area contributed by atoms with Crippen LogP contribution in [-0.2, 0) is 6.54 Å². The number of amides is 1. The van der Waals surface area contributed by atoms with Crippen LogP contribution in [0.25, 0.3) is 0 Å². The van der Waals surface area contributed by atoms with Gasteiger partial charge >= 0.3 is 0 Å². The Balaban J connectivity index is 2.18. The van der Waals surface area contributed by atoms with Crippen LogP contribution in [0.5, 0.6) is 0 Å². The first kappa shape index (κ1) is 14.7. The molecule has 0 aliphatic heterocycles. The van der Waals surface area contributed by atoms with Crippen molar-refractivity contribution in [1.82, 2.24) is 4.90 Å². The van der Waals surface area contributed by atoms with E-state index >= 15 is 0 Å². The maximum absolute atomic E-state index is 12.4. The first-order valence-electron chi connectivity index (χ1n) is 6.02. The number of nitrogen functional groups attached to an aromatic ring is 1. The van der Waals surface area contributed by atoms with E-state index in [1.807, 2.05) is 18.2 Å². The van der Waals surface area contributed by atoms with Gasteiger partial charge in [0.15, 0.2) is 0 Å². The van der Waals surface area contributed by atoms with Crippen LogP contribution in [0.2, 0.25) is 10.0 Å². The van der Waals surface area contributed by atoms with Gasteiger partial charge < -0.3 is 10.6 Å². The molecular formula is C15H14Cl2N2O. The summed E-state index contributed by atoms with van der Waals surface area (Å²) in [5.74, 6) is -0.176. The minimum Gasteiger partial charge on any atom is -0.398 e. The van der Waals surface area contributed by atoms with Gasteiger partial charge in [-0.15, -0.1) is 0 Å². The van der Waals surface area contributed by atoms with Crippen LogP contribution in [0.4, 0.5) is 5.69 Å². The van der Waals surface area contributed by atoms with E-state index in [9.17, 15) is 4.79 Å². The molecule has 2 N–H and O–H groups in total. The van der Waals surface area contributed by atoms with Gasteiger partial charge in [-0.3, -0.25) is 4.79 Å². The molecule has 0 bridgehead atoms. The molecule has 0 unspecified atom stereocenters. The van der Waals surface area contributed by atoms with Gasteiger partial charge in [0.25, 0.3) is 5.91 Å². The van der Waals surface area contributed by atoms with Gasteiger partial charge in [-0.2, -0.15) is 0 Å². The molecule has 3 nitrogen and oxygen atoms in total. The number of carbonyl (C=O) groups excluding carboxylic acids is 1. The van der Waals surface area contributed by atoms with Crippen molar-refractivity contribution >= 4 is 34.8 Å². The predicted octanol–water partition coefficient (Wildman–Crippen LogP) is 3.85. The quantitative estimate of drug-likeness (QED) is 0.875. The first-order valence-corrected chi connectivity index (χ1v) is 6.78. The van der Waals surface area contributed by atoms with Gasteiger partial charge in [0.1, 0.15) is 0 Å². The molecule has 2 aromatic carbocycles. The molecule has 0 radical (unpaired) electrons. The fourth-order valence-electron chi connectivity index (χ4n) is 1.90. The van der Waals surface area contributed by atoms with Crippen molar-refractivity contribution in [3.05, 3.63) is 63.6 Å². The van der Waals surface area contributed by atoms with Gasteiger partial charge in [-0.1, -0.05) is 35.3 Å². The smallest absolute Gasteiger partial charge is 0.256 e. The Bertz CT molecular complexity index is 644. The van der Waals surface area contributed by atoms with Gasteiger partial charge in [0, 0.05) is 29.3 Å². The lowest BCUT2D eigenvalue weighted by molar-refractivity contribution is 0.0786. The van der Waals surface area contributed by atoms with Crippen LogP contribution in [0.15, 0.2) is 42.5 Å². The molecule has 0 aliphatic carbocycles. The summed E-state index contributed by atoms with van der Waals surface area (Å²) in [4.78, 5) is 13.9. The molecule has 0 spiro atoms. The van der Waals surface area contributed by atoms with Gasteiger partial charge in [0.2, 0.25) is 0 Å². The Labute approximate surface area is 127 Å². The number of hydrogen-bond donors (Lipinski definition) is 1. The third kappa shape index (κ3) is 3.44. The average molecular weight is 309 g/mol. The van der Waals surface area contributed by atoms with E-state index in [0.29, 0.717) is 27.8 Å². The number of halogens is 2. The van der Waals surface area contributed by atoms with Crippen LogP contribution in [0, 0.1) is 0 Å². The SMILES string of the molecule is CN(Cc1cccc(Cl)c1)C(=O)c1cc(Cl)ccc1N. The molecule has 1 amide bonds. The molecule has 0 fully saturated rings. The van der Waals surface area contributed by atoms with Gasteiger partial charge in [-0.05, 0) is 35.9 Å². The Morgan fingerprint density at radius 1 is 1.15 bits per heavy atom. The summed E-state index contributed by atoms with van der Waals surface area (Å²) in [6.07, 6.45) is 0. The summed E-state index contributed by atoms with van der Waals surface area (Å²) in [6, 6.07) is 12.2. The van der Waals surface area contributed by atoms with E-state index in [4.69, 9.17) is 28.9 Å². The molecule has 2 aromatic rings. The highest BCUT2D eigenvalue weighted by atomic mass is 35.5. The largest absolute Gasteiger partial charge is 0.398 e. The second kappa shape index (κ2) is 6.16. The zero-order valence-electron chi connectivity index (χ0n) is 10.9. The normalized spacial score (nSPS) is 10.3. The topological polar surface area (TPSA) is 46.3 Å². The minimum atomic E-state index is -0.176. The summed E-state index contributed by atoms with van der Waals surface area (Å²) < 4.78 is 0. The molecule has 5 heteroatoms. The molecular weight excluding hydrogens is 295 g/mol. The Morgan fingerprint density at radius 2 is 1.85 bits per heavy atom. The number of nitrogens with two attached hydrogens (primary N) is 1. The maximum atomic E-state index is 12.4. The maximum Gasteiger partial charge on any atom is 0.256 e. The summed E-state index contributed by atoms with van der Waals surface area (Å²) >= 11 is 11.8. The minimum absolute atomic E-state index is 0.176. The lowest BCUT2D eigenvalue weighted by atomic mass is 10.1. The average Bonchev–Trinajstić information content (AvgIpc) is 2.40. The lowest BCUT2D eigenvalue weighted by Gasteiger charge is -2.18. The second-order valence-corrected chi connectivity index (χ2v) is 5.40. The van der Waals surface area contributed by atoms with E-state index in [1.54, 1.807) is 36.2 Å². The van der Waals surface area contributed by atoms with E-state index in [1.165, 1.54) is 0 Å². The van der Waals surface area contributed by atoms with E-state index in [2.05, 4.69) is 0 Å². The van der Waals surface area contributed by atoms with Gasteiger partial charge in [-0.25, -0.2) is 0 Å². The van der Waals surface area contributed by atoms with Crippen molar-refractivity contribution in [3.63, 3.8) is 0 Å². The highest BCUT2D eigenvalue weighted by Gasteiger charge is 2.15. The van der Waals surface area contributed by atoms with E-state index < -0.39 is 0 Å². The monoisotopic (exact) mass is 308 g/mol. The zero-order chi connectivity index (χ0) is 14.7. The summed E-state index contributed by atoms with van der Waals surface area (Å²) in [7, 11) is 1.71. The number of carbonyl (C=O) groups is 1. The zero-order valence-corrected chi connectivity index (χ0v) is 12.4. The highest BCUT2D eigenvalue weighted by molar-refractivity contribution is 6.31. The molecule has 0 aromatic heterocycles. The Hall–Kier alpha value is -1.71. The molecule has 0 heterocycles. The highest BCUT2D eigenvalue weighted by Crippen LogP contribution is 2.20. The molecule has 0 saturated carbocycles. The number of benzene rings is 2. The van der Waals surface area contributed by atoms with Crippen LogP contribution >= 0.6 is 23.2 Å². The number of hydrogen-bond acceptors (Lipinski definition) is 2. The lowest BCUT2D eigenvalue weighted by Crippen LogP contribution is -2.27. The standard InChI is InChI=1S/C15H14Cl2N2O/c1-19(9-10-3-2-4-11(16)7-10)15(20)13-8-12(17)5-6-14(13)18/h2-8H,9,18H2,1H3. The summed E-state index contributed by atoms with van der Waals surface area (Å²) in [5, 5.41) is 1.13. The fraction of sp³-hybridized carbons (Fsp3) is 0.133. The van der Waals surface area contributed by atoms with Crippen molar-refractivity contribution in [1.29, 1.82) is 0 Å². The van der Waals surface area contributed by atoms with Crippen molar-refractivity contribution < 1.29 is 4.79 Å². The number of nitrogens with zero attached hydrogens (tertiary/aromatic N) is 1. The second-order valence-electron chi connectivity index (χ2n) is 4.52. The Kier molecular flexibility index (Phi) is 4.53. The van der Waals surface area contributed by atoms with Crippen molar-refractivity contribution in [3.8, 4) is 0 Å². The van der Waals surface area contributed by atoms with E-state index in [-0.39, 0.29) is 5.91 Å². The summed E-state index contributed by atoms with van der Waals surface area (Å²) in [5.41, 5.74) is 7.59. The third-order valence-electron chi connectivity index (χ3n) is 2.90. The van der Waals surface area contributed by atoms with Crippen molar-refractivity contribution in [2.24, 2.45) is 0 Å². The van der Waals surface area contributed by atoms with Crippen molar-refractivity contribution in [2.75, 3.05) is 12.8 Å².